The molecular weight excluding hydrogens is 352 g/mol. The van der Waals surface area contributed by atoms with Gasteiger partial charge in [0.25, 0.3) is 0 Å². The maximum atomic E-state index is 12.0. The topological polar surface area (TPSA) is 124 Å². The fourth-order valence-electron chi connectivity index (χ4n) is 3.86. The van der Waals surface area contributed by atoms with Crippen molar-refractivity contribution in [3.05, 3.63) is 0 Å². The number of hydrogen-bond acceptors (Lipinski definition) is 4. The van der Waals surface area contributed by atoms with Crippen LogP contribution in [0.15, 0.2) is 0 Å². The van der Waals surface area contributed by atoms with Crippen molar-refractivity contribution < 1.29 is 34.2 Å². The smallest absolute Gasteiger partial charge is 0.362 e. The number of carboxylic acid groups (broad SMARTS) is 2. The van der Waals surface area contributed by atoms with E-state index in [9.17, 15) is 29.7 Å². The van der Waals surface area contributed by atoms with E-state index in [0.717, 1.165) is 25.7 Å². The molecule has 8 nitrogen and oxygen atoms in total. The highest BCUT2D eigenvalue weighted by atomic mass is 16.4. The number of aliphatic hydroxyl groups excluding tert-OH is 1. The van der Waals surface area contributed by atoms with Crippen molar-refractivity contribution in [1.82, 2.24) is 5.32 Å². The first-order valence-electron chi connectivity index (χ1n) is 10.00. The highest BCUT2D eigenvalue weighted by molar-refractivity contribution is 5.76. The molecule has 0 aromatic heterocycles. The van der Waals surface area contributed by atoms with Crippen LogP contribution in [0.1, 0.15) is 65.7 Å². The normalized spacial score (nSPS) is 15.6. The van der Waals surface area contributed by atoms with E-state index in [2.05, 4.69) is 12.2 Å². The largest absolute Gasteiger partial charge is 0.477 e. The first-order valence-corrected chi connectivity index (χ1v) is 10.00. The Hall–Kier alpha value is -1.67. The van der Waals surface area contributed by atoms with Gasteiger partial charge in [-0.3, -0.25) is 9.28 Å². The molecule has 0 bridgehead atoms. The third-order valence-electron chi connectivity index (χ3n) is 5.21. The van der Waals surface area contributed by atoms with Crippen molar-refractivity contribution in [2.45, 2.75) is 77.8 Å². The number of carbonyl (C=O) groups excluding carboxylic acids is 1. The van der Waals surface area contributed by atoms with E-state index in [0.29, 0.717) is 6.42 Å². The molecule has 1 amide bonds. The van der Waals surface area contributed by atoms with Crippen LogP contribution in [0.4, 0.5) is 0 Å². The highest BCUT2D eigenvalue weighted by Gasteiger charge is 2.48. The Kier molecular flexibility index (Phi) is 12.7. The maximum Gasteiger partial charge on any atom is 0.362 e. The highest BCUT2D eigenvalue weighted by Crippen LogP contribution is 2.25. The number of nitrogens with one attached hydrogen (secondary N) is 1. The molecule has 2 unspecified atom stereocenters. The third kappa shape index (κ3) is 7.84. The lowest BCUT2D eigenvalue weighted by Gasteiger charge is -2.46. The van der Waals surface area contributed by atoms with Crippen LogP contribution in [0, 0.1) is 0 Å². The van der Waals surface area contributed by atoms with Crippen LogP contribution in [0.3, 0.4) is 0 Å². The number of aliphatic carboxylic acids is 2. The van der Waals surface area contributed by atoms with E-state index < -0.39 is 24.0 Å². The monoisotopic (exact) mass is 389 g/mol. The minimum Gasteiger partial charge on any atom is -0.477 e. The lowest BCUT2D eigenvalue weighted by molar-refractivity contribution is -0.957. The molecule has 0 saturated carbocycles. The van der Waals surface area contributed by atoms with E-state index in [1.54, 1.807) is 13.8 Å². The molecule has 8 heteroatoms. The van der Waals surface area contributed by atoms with Crippen molar-refractivity contribution in [2.75, 3.05) is 26.2 Å². The molecule has 2 atom stereocenters. The van der Waals surface area contributed by atoms with Crippen LogP contribution in [-0.4, -0.2) is 76.0 Å². The first kappa shape index (κ1) is 25.3. The molecule has 27 heavy (non-hydrogen) atoms. The Morgan fingerprint density at radius 2 is 1.44 bits per heavy atom. The van der Waals surface area contributed by atoms with Gasteiger partial charge in [-0.1, -0.05) is 40.0 Å². The van der Waals surface area contributed by atoms with Crippen molar-refractivity contribution in [1.29, 1.82) is 0 Å². The number of carbonyl (C=O) groups is 3. The molecule has 4 N–H and O–H groups in total. The minimum atomic E-state index is -1.09. The molecule has 0 radical (unpaired) electrons. The second kappa shape index (κ2) is 13.5. The summed E-state index contributed by atoms with van der Waals surface area (Å²) in [7, 11) is 0. The van der Waals surface area contributed by atoms with Gasteiger partial charge in [0.1, 0.15) is 6.54 Å². The standard InChI is InChI=1S/C19H36N2O6/c1-4-7-8-9-10-17(23)20-11-12-21(13-14-22,15(5-2)18(24)25)16(6-3)19(26)27/h15-16,22H,4-14H2,1-3H3,(H2-,20,23,24,25,26,27)/p+1. The van der Waals surface area contributed by atoms with Crippen LogP contribution >= 0.6 is 0 Å². The minimum absolute atomic E-state index is 0.0159. The fraction of sp³-hybridized carbons (Fsp3) is 0.842. The predicted molar refractivity (Wildman–Crippen MR) is 102 cm³/mol. The molecule has 158 valence electrons. The molecule has 0 spiro atoms. The number of carboxylic acids is 2. The van der Waals surface area contributed by atoms with Crippen LogP contribution in [-0.2, 0) is 14.4 Å². The van der Waals surface area contributed by atoms with Gasteiger partial charge in [0.2, 0.25) is 5.91 Å². The number of unbranched alkanes of at least 4 members (excludes halogenated alkanes) is 3. The zero-order chi connectivity index (χ0) is 20.9. The number of hydrogen-bond donors (Lipinski definition) is 4. The molecule has 0 aromatic carbocycles. The van der Waals surface area contributed by atoms with Gasteiger partial charge in [0, 0.05) is 19.3 Å². The summed E-state index contributed by atoms with van der Waals surface area (Å²) in [5.41, 5.74) is 0. The Morgan fingerprint density at radius 3 is 1.85 bits per heavy atom. The zero-order valence-corrected chi connectivity index (χ0v) is 16.9. The quantitative estimate of drug-likeness (QED) is 0.235. The van der Waals surface area contributed by atoms with Gasteiger partial charge in [-0.25, -0.2) is 9.59 Å². The zero-order valence-electron chi connectivity index (χ0n) is 16.9. The van der Waals surface area contributed by atoms with E-state index in [1.807, 2.05) is 0 Å². The predicted octanol–water partition coefficient (Wildman–Crippen LogP) is 1.61. The average Bonchev–Trinajstić information content (AvgIpc) is 2.59. The SMILES string of the molecule is CCCCCCC(=O)NCC[N+](CCO)(C(CC)C(=O)O)C(CC)C(=O)O. The second-order valence-electron chi connectivity index (χ2n) is 6.96. The second-order valence-corrected chi connectivity index (χ2v) is 6.96. The Bertz CT molecular complexity index is 447. The van der Waals surface area contributed by atoms with Gasteiger partial charge < -0.3 is 20.6 Å². The first-order chi connectivity index (χ1) is 12.8. The maximum absolute atomic E-state index is 12.0. The lowest BCUT2D eigenvalue weighted by Crippen LogP contribution is -2.68. The van der Waals surface area contributed by atoms with Crippen molar-refractivity contribution in [2.24, 2.45) is 0 Å². The summed E-state index contributed by atoms with van der Waals surface area (Å²) in [6.45, 7) is 5.52. The van der Waals surface area contributed by atoms with Gasteiger partial charge in [0.15, 0.2) is 12.1 Å². The summed E-state index contributed by atoms with van der Waals surface area (Å²) in [5, 5.41) is 31.6. The van der Waals surface area contributed by atoms with Gasteiger partial charge in [-0.05, 0) is 6.42 Å². The van der Waals surface area contributed by atoms with Crippen molar-refractivity contribution >= 4 is 17.8 Å². The van der Waals surface area contributed by atoms with E-state index >= 15 is 0 Å². The van der Waals surface area contributed by atoms with E-state index in [4.69, 9.17) is 0 Å². The van der Waals surface area contributed by atoms with Gasteiger partial charge in [-0.2, -0.15) is 0 Å². The average molecular weight is 390 g/mol. The van der Waals surface area contributed by atoms with Crippen LogP contribution in [0.25, 0.3) is 0 Å². The molecule has 0 aromatic rings. The number of rotatable bonds is 16. The molecule has 0 aliphatic rings. The summed E-state index contributed by atoms with van der Waals surface area (Å²) in [5.74, 6) is -2.28. The van der Waals surface area contributed by atoms with Crippen LogP contribution in [0.2, 0.25) is 0 Å². The molecule has 0 saturated heterocycles. The van der Waals surface area contributed by atoms with E-state index in [1.165, 1.54) is 0 Å². The van der Waals surface area contributed by atoms with Crippen molar-refractivity contribution in [3.63, 3.8) is 0 Å². The number of quaternary nitrogens is 1. The van der Waals surface area contributed by atoms with Gasteiger partial charge >= 0.3 is 11.9 Å². The van der Waals surface area contributed by atoms with E-state index in [-0.39, 0.29) is 49.5 Å². The Morgan fingerprint density at radius 1 is 0.889 bits per heavy atom. The number of amides is 1. The summed E-state index contributed by atoms with van der Waals surface area (Å²) >= 11 is 0. The van der Waals surface area contributed by atoms with Crippen LogP contribution < -0.4 is 5.32 Å². The number of aliphatic hydroxyl groups is 1. The molecule has 0 rings (SSSR count). The van der Waals surface area contributed by atoms with Crippen molar-refractivity contribution in [3.8, 4) is 0 Å². The molecule has 0 fully saturated rings. The molecule has 0 aliphatic heterocycles. The number of nitrogens with zero attached hydrogens (tertiary/aromatic N) is 1. The summed E-state index contributed by atoms with van der Waals surface area (Å²) in [6, 6.07) is -1.92. The Balaban J connectivity index is 5.26. The molecule has 0 aliphatic carbocycles. The third-order valence-corrected chi connectivity index (χ3v) is 5.21. The Labute approximate surface area is 162 Å². The molecular formula is C19H37N2O6+. The van der Waals surface area contributed by atoms with Crippen LogP contribution in [0.5, 0.6) is 0 Å². The lowest BCUT2D eigenvalue weighted by atomic mass is 10.0. The van der Waals surface area contributed by atoms with Gasteiger partial charge in [-0.15, -0.1) is 0 Å². The summed E-state index contributed by atoms with van der Waals surface area (Å²) < 4.78 is -0.274. The molecule has 0 heterocycles. The fourth-order valence-corrected chi connectivity index (χ4v) is 3.86. The van der Waals surface area contributed by atoms with Gasteiger partial charge in [0.05, 0.1) is 19.7 Å². The summed E-state index contributed by atoms with van der Waals surface area (Å²) in [4.78, 5) is 35.6. The summed E-state index contributed by atoms with van der Waals surface area (Å²) in [6.07, 6.45) is 4.85.